The molecular formula is C19H29N7O2. The molecule has 1 saturated carbocycles. The Morgan fingerprint density at radius 2 is 1.89 bits per heavy atom. The third kappa shape index (κ3) is 5.98. The summed E-state index contributed by atoms with van der Waals surface area (Å²) in [5.74, 6) is 1.21. The van der Waals surface area contributed by atoms with E-state index >= 15 is 0 Å². The molecule has 1 N–H and O–H groups in total. The lowest BCUT2D eigenvalue weighted by atomic mass is 9.98. The highest BCUT2D eigenvalue weighted by molar-refractivity contribution is 5.30. The zero-order valence-corrected chi connectivity index (χ0v) is 16.7. The summed E-state index contributed by atoms with van der Waals surface area (Å²) in [6, 6.07) is 1.92. The molecule has 3 heterocycles. The van der Waals surface area contributed by atoms with Crippen LogP contribution in [0.4, 0.5) is 5.95 Å². The highest BCUT2D eigenvalue weighted by Gasteiger charge is 2.15. The van der Waals surface area contributed by atoms with E-state index in [9.17, 15) is 4.79 Å². The van der Waals surface area contributed by atoms with Crippen molar-refractivity contribution in [1.29, 1.82) is 0 Å². The molecule has 0 radical (unpaired) electrons. The zero-order valence-electron chi connectivity index (χ0n) is 16.7. The van der Waals surface area contributed by atoms with Gasteiger partial charge in [0.15, 0.2) is 0 Å². The summed E-state index contributed by atoms with van der Waals surface area (Å²) in [5.41, 5.74) is 0.659. The Hall–Kier alpha value is -2.55. The maximum absolute atomic E-state index is 11.2. The first-order valence-corrected chi connectivity index (χ1v) is 9.94. The Morgan fingerprint density at radius 3 is 2.57 bits per heavy atom. The number of ether oxygens (including phenoxy) is 1. The van der Waals surface area contributed by atoms with Gasteiger partial charge in [-0.05, 0) is 38.7 Å². The van der Waals surface area contributed by atoms with Crippen molar-refractivity contribution in [2.75, 3.05) is 31.1 Å². The van der Waals surface area contributed by atoms with Crippen LogP contribution in [0.15, 0.2) is 23.3 Å². The van der Waals surface area contributed by atoms with Gasteiger partial charge >= 0.3 is 5.69 Å². The molecule has 1 aliphatic carbocycles. The number of nitrogens with zero attached hydrogens (tertiary/aromatic N) is 6. The summed E-state index contributed by atoms with van der Waals surface area (Å²) in [4.78, 5) is 25.8. The van der Waals surface area contributed by atoms with Crippen LogP contribution in [0.5, 0.6) is 5.88 Å². The molecule has 0 unspecified atom stereocenters. The van der Waals surface area contributed by atoms with Crippen LogP contribution in [-0.4, -0.2) is 57.0 Å². The first-order chi connectivity index (χ1) is 13.6. The minimum Gasteiger partial charge on any atom is -0.473 e. The molecule has 2 aliphatic rings. The number of rotatable bonds is 3. The second-order valence-electron chi connectivity index (χ2n) is 7.11. The van der Waals surface area contributed by atoms with Gasteiger partial charge < -0.3 is 15.0 Å². The van der Waals surface area contributed by atoms with Crippen LogP contribution >= 0.6 is 0 Å². The van der Waals surface area contributed by atoms with Crippen molar-refractivity contribution in [3.63, 3.8) is 0 Å². The van der Waals surface area contributed by atoms with Crippen molar-refractivity contribution < 1.29 is 4.74 Å². The van der Waals surface area contributed by atoms with E-state index in [4.69, 9.17) is 4.74 Å². The summed E-state index contributed by atoms with van der Waals surface area (Å²) in [6.07, 6.45) is 9.30. The van der Waals surface area contributed by atoms with Gasteiger partial charge in [0, 0.05) is 45.1 Å². The van der Waals surface area contributed by atoms with Crippen molar-refractivity contribution >= 4 is 5.95 Å². The van der Waals surface area contributed by atoms with Crippen LogP contribution < -0.4 is 20.6 Å². The van der Waals surface area contributed by atoms with Crippen molar-refractivity contribution in [3.05, 3.63) is 34.6 Å². The van der Waals surface area contributed by atoms with E-state index in [1.54, 1.807) is 7.05 Å². The van der Waals surface area contributed by atoms with E-state index in [-0.39, 0.29) is 11.8 Å². The maximum atomic E-state index is 11.2. The number of anilines is 1. The molecule has 2 fully saturated rings. The van der Waals surface area contributed by atoms with E-state index in [2.05, 4.69) is 30.3 Å². The summed E-state index contributed by atoms with van der Waals surface area (Å²) in [5, 5.41) is 7.16. The molecule has 28 heavy (non-hydrogen) atoms. The fourth-order valence-electron chi connectivity index (χ4n) is 3.24. The van der Waals surface area contributed by atoms with E-state index in [1.165, 1.54) is 30.1 Å². The van der Waals surface area contributed by atoms with Gasteiger partial charge in [-0.15, -0.1) is 0 Å². The lowest BCUT2D eigenvalue weighted by molar-refractivity contribution is 0.146. The van der Waals surface area contributed by atoms with Gasteiger partial charge in [-0.1, -0.05) is 6.42 Å². The number of hydrogen-bond acceptors (Lipinski definition) is 8. The van der Waals surface area contributed by atoms with Gasteiger partial charge in [-0.2, -0.15) is 10.1 Å². The maximum Gasteiger partial charge on any atom is 0.367 e. The molecular weight excluding hydrogens is 358 g/mol. The number of nitrogens with one attached hydrogen (secondary N) is 1. The van der Waals surface area contributed by atoms with Crippen LogP contribution in [0.1, 0.15) is 37.8 Å². The summed E-state index contributed by atoms with van der Waals surface area (Å²) < 4.78 is 6.79. The number of aryl methyl sites for hydroxylation is 2. The van der Waals surface area contributed by atoms with Gasteiger partial charge in [0.25, 0.3) is 0 Å². The molecule has 0 aromatic carbocycles. The number of hydrogen-bond donors (Lipinski definition) is 1. The van der Waals surface area contributed by atoms with Crippen molar-refractivity contribution in [1.82, 2.24) is 30.0 Å². The molecule has 9 nitrogen and oxygen atoms in total. The van der Waals surface area contributed by atoms with Crippen LogP contribution in [0.2, 0.25) is 0 Å². The fourth-order valence-corrected chi connectivity index (χ4v) is 3.24. The molecule has 4 rings (SSSR count). The summed E-state index contributed by atoms with van der Waals surface area (Å²) >= 11 is 0. The predicted molar refractivity (Wildman–Crippen MR) is 107 cm³/mol. The third-order valence-corrected chi connectivity index (χ3v) is 4.85. The van der Waals surface area contributed by atoms with Crippen LogP contribution in [0.25, 0.3) is 0 Å². The second kappa shape index (κ2) is 10.1. The average molecular weight is 387 g/mol. The minimum atomic E-state index is -0.372. The van der Waals surface area contributed by atoms with Crippen molar-refractivity contribution in [2.45, 2.75) is 45.1 Å². The molecule has 9 heteroatoms. The van der Waals surface area contributed by atoms with Crippen molar-refractivity contribution in [3.8, 4) is 5.88 Å². The largest absolute Gasteiger partial charge is 0.473 e. The molecule has 0 spiro atoms. The quantitative estimate of drug-likeness (QED) is 0.836. The second-order valence-corrected chi connectivity index (χ2v) is 7.11. The minimum absolute atomic E-state index is 0.208. The van der Waals surface area contributed by atoms with Gasteiger partial charge in [0.2, 0.25) is 11.8 Å². The SMILES string of the molecule is Cc1ccnc(N2CCNCC2)n1.Cn1ncc(OC2CCCCC2)nc1=O. The van der Waals surface area contributed by atoms with Crippen LogP contribution in [0.3, 0.4) is 0 Å². The Bertz CT molecular complexity index is 799. The van der Waals surface area contributed by atoms with Gasteiger partial charge in [-0.25, -0.2) is 19.4 Å². The fraction of sp³-hybridized carbons (Fsp3) is 0.632. The molecule has 1 aliphatic heterocycles. The highest BCUT2D eigenvalue weighted by atomic mass is 16.5. The predicted octanol–water partition coefficient (Wildman–Crippen LogP) is 1.08. The van der Waals surface area contributed by atoms with Crippen LogP contribution in [0, 0.1) is 6.92 Å². The molecule has 2 aromatic rings. The standard InChI is InChI=1S/C10H15N3O2.C9H14N4/c1-13-10(14)12-9(7-11-13)15-8-5-3-2-4-6-8;1-8-2-3-11-9(12-8)13-6-4-10-5-7-13/h7-8H,2-6H2,1H3;2-3,10H,4-7H2,1H3. The lowest BCUT2D eigenvalue weighted by Crippen LogP contribution is -2.44. The molecule has 0 amide bonds. The Labute approximate surface area is 165 Å². The van der Waals surface area contributed by atoms with E-state index in [0.717, 1.165) is 50.7 Å². The number of aromatic nitrogens is 5. The Morgan fingerprint density at radius 1 is 1.14 bits per heavy atom. The Kier molecular flexibility index (Phi) is 7.30. The van der Waals surface area contributed by atoms with E-state index in [1.807, 2.05) is 19.2 Å². The highest BCUT2D eigenvalue weighted by Crippen LogP contribution is 2.21. The lowest BCUT2D eigenvalue weighted by Gasteiger charge is -2.27. The van der Waals surface area contributed by atoms with E-state index < -0.39 is 0 Å². The van der Waals surface area contributed by atoms with Crippen LogP contribution in [-0.2, 0) is 7.05 Å². The molecule has 1 saturated heterocycles. The third-order valence-electron chi connectivity index (χ3n) is 4.85. The van der Waals surface area contributed by atoms with Crippen molar-refractivity contribution in [2.24, 2.45) is 7.05 Å². The normalized spacial score (nSPS) is 17.6. The summed E-state index contributed by atoms with van der Waals surface area (Å²) in [7, 11) is 1.57. The molecule has 0 atom stereocenters. The first-order valence-electron chi connectivity index (χ1n) is 9.94. The molecule has 0 bridgehead atoms. The number of piperazine rings is 1. The van der Waals surface area contributed by atoms with Gasteiger partial charge in [-0.3, -0.25) is 0 Å². The van der Waals surface area contributed by atoms with E-state index in [0.29, 0.717) is 5.88 Å². The van der Waals surface area contributed by atoms with Gasteiger partial charge in [0.1, 0.15) is 12.3 Å². The molecule has 2 aromatic heterocycles. The summed E-state index contributed by atoms with van der Waals surface area (Å²) in [6.45, 7) is 6.05. The smallest absolute Gasteiger partial charge is 0.367 e. The average Bonchev–Trinajstić information content (AvgIpc) is 2.73. The zero-order chi connectivity index (χ0) is 19.8. The monoisotopic (exact) mass is 387 g/mol. The Balaban J connectivity index is 0.000000162. The first kappa shape index (κ1) is 20.2. The topological polar surface area (TPSA) is 98.1 Å². The van der Waals surface area contributed by atoms with Gasteiger partial charge in [0.05, 0.1) is 0 Å². The molecule has 152 valence electrons.